The summed E-state index contributed by atoms with van der Waals surface area (Å²) in [5, 5.41) is 10.7. The van der Waals surface area contributed by atoms with E-state index in [4.69, 9.17) is 14.2 Å². The fraction of sp³-hybridized carbons (Fsp3) is 0.286. The van der Waals surface area contributed by atoms with Crippen molar-refractivity contribution in [2.45, 2.75) is 32.4 Å². The number of benzene rings is 2. The normalized spacial score (nSPS) is 14.2. The number of hydrogen-bond acceptors (Lipinski definition) is 5. The first-order valence-electron chi connectivity index (χ1n) is 11.8. The SMILES string of the molecule is Cc1cccc(-c2nccc3c2cc(C(=O)O)n3CCOc2ccc(OC3CCOCC3)cc2)c1. The molecular weight excluding hydrogens is 444 g/mol. The quantitative estimate of drug-likeness (QED) is 0.372. The highest BCUT2D eigenvalue weighted by atomic mass is 16.5. The van der Waals surface area contributed by atoms with Crippen LogP contribution in [0, 0.1) is 6.92 Å². The van der Waals surface area contributed by atoms with Gasteiger partial charge in [0.25, 0.3) is 0 Å². The van der Waals surface area contributed by atoms with Crippen LogP contribution in [0.3, 0.4) is 0 Å². The Labute approximate surface area is 203 Å². The second kappa shape index (κ2) is 10.2. The van der Waals surface area contributed by atoms with E-state index < -0.39 is 5.97 Å². The third kappa shape index (κ3) is 5.15. The highest BCUT2D eigenvalue weighted by Gasteiger charge is 2.18. The van der Waals surface area contributed by atoms with Crippen molar-refractivity contribution in [2.75, 3.05) is 19.8 Å². The molecule has 0 amide bonds. The van der Waals surface area contributed by atoms with Crippen molar-refractivity contribution < 1.29 is 24.1 Å². The standard InChI is InChI=1S/C28H28N2O5/c1-19-3-2-4-20(17-19)27-24-18-26(28(31)32)30(25(24)9-12-29-27)13-16-34-21-5-7-22(8-6-21)35-23-10-14-33-15-11-23/h2-9,12,17-18,23H,10-11,13-16H2,1H3,(H,31,32). The molecule has 1 fully saturated rings. The lowest BCUT2D eigenvalue weighted by atomic mass is 10.1. The Morgan fingerprint density at radius 3 is 2.60 bits per heavy atom. The van der Waals surface area contributed by atoms with E-state index in [9.17, 15) is 9.90 Å². The minimum Gasteiger partial charge on any atom is -0.492 e. The van der Waals surface area contributed by atoms with Crippen molar-refractivity contribution in [3.63, 3.8) is 0 Å². The van der Waals surface area contributed by atoms with Crippen LogP contribution >= 0.6 is 0 Å². The van der Waals surface area contributed by atoms with Gasteiger partial charge in [0.05, 0.1) is 31.0 Å². The van der Waals surface area contributed by atoms with E-state index >= 15 is 0 Å². The summed E-state index contributed by atoms with van der Waals surface area (Å²) >= 11 is 0. The van der Waals surface area contributed by atoms with Gasteiger partial charge in [0.1, 0.15) is 29.9 Å². The molecule has 0 unspecified atom stereocenters. The van der Waals surface area contributed by atoms with Gasteiger partial charge in [-0.2, -0.15) is 0 Å². The Morgan fingerprint density at radius 1 is 1.09 bits per heavy atom. The molecule has 0 aliphatic carbocycles. The second-order valence-corrected chi connectivity index (χ2v) is 8.70. The number of aromatic nitrogens is 2. The zero-order valence-corrected chi connectivity index (χ0v) is 19.6. The fourth-order valence-electron chi connectivity index (χ4n) is 4.48. The van der Waals surface area contributed by atoms with Gasteiger partial charge in [0.2, 0.25) is 0 Å². The van der Waals surface area contributed by atoms with E-state index in [1.807, 2.05) is 55.5 Å². The predicted molar refractivity (Wildman–Crippen MR) is 133 cm³/mol. The predicted octanol–water partition coefficient (Wildman–Crippen LogP) is 5.35. The number of fused-ring (bicyclic) bond motifs is 1. The van der Waals surface area contributed by atoms with Gasteiger partial charge in [0, 0.05) is 30.0 Å². The van der Waals surface area contributed by atoms with E-state index in [1.165, 1.54) is 0 Å². The summed E-state index contributed by atoms with van der Waals surface area (Å²) in [6.45, 7) is 4.22. The Morgan fingerprint density at radius 2 is 1.86 bits per heavy atom. The van der Waals surface area contributed by atoms with E-state index in [-0.39, 0.29) is 11.8 Å². The zero-order chi connectivity index (χ0) is 24.2. The molecule has 3 heterocycles. The lowest BCUT2D eigenvalue weighted by Crippen LogP contribution is -2.25. The molecule has 35 heavy (non-hydrogen) atoms. The summed E-state index contributed by atoms with van der Waals surface area (Å²) in [5.41, 5.74) is 3.89. The number of pyridine rings is 1. The monoisotopic (exact) mass is 472 g/mol. The molecule has 1 N–H and O–H groups in total. The molecule has 180 valence electrons. The van der Waals surface area contributed by atoms with Crippen LogP contribution in [0.2, 0.25) is 0 Å². The van der Waals surface area contributed by atoms with Crippen LogP contribution in [0.1, 0.15) is 28.9 Å². The molecule has 1 saturated heterocycles. The minimum atomic E-state index is -0.981. The first kappa shape index (κ1) is 22.9. The number of carboxylic acids is 1. The van der Waals surface area contributed by atoms with E-state index in [2.05, 4.69) is 11.1 Å². The van der Waals surface area contributed by atoms with Gasteiger partial charge in [-0.1, -0.05) is 23.8 Å². The van der Waals surface area contributed by atoms with Crippen molar-refractivity contribution in [3.05, 3.63) is 78.1 Å². The van der Waals surface area contributed by atoms with Gasteiger partial charge >= 0.3 is 5.97 Å². The third-order valence-corrected chi connectivity index (χ3v) is 6.22. The maximum absolute atomic E-state index is 12.0. The van der Waals surface area contributed by atoms with Crippen LogP contribution < -0.4 is 9.47 Å². The summed E-state index contributed by atoms with van der Waals surface area (Å²) in [6, 6.07) is 19.2. The summed E-state index contributed by atoms with van der Waals surface area (Å²) in [5.74, 6) is 0.538. The second-order valence-electron chi connectivity index (χ2n) is 8.70. The first-order valence-corrected chi connectivity index (χ1v) is 11.8. The molecule has 0 bridgehead atoms. The maximum atomic E-state index is 12.0. The molecule has 2 aromatic heterocycles. The lowest BCUT2D eigenvalue weighted by molar-refractivity contribution is 0.0255. The minimum absolute atomic E-state index is 0.186. The number of carbonyl (C=O) groups is 1. The van der Waals surface area contributed by atoms with Crippen molar-refractivity contribution >= 4 is 16.9 Å². The molecule has 4 aromatic rings. The lowest BCUT2D eigenvalue weighted by Gasteiger charge is -2.23. The number of nitrogens with zero attached hydrogens (tertiary/aromatic N) is 2. The topological polar surface area (TPSA) is 82.8 Å². The summed E-state index contributed by atoms with van der Waals surface area (Å²) in [7, 11) is 0. The van der Waals surface area contributed by atoms with Crippen LogP contribution in [-0.2, 0) is 11.3 Å². The third-order valence-electron chi connectivity index (χ3n) is 6.22. The molecule has 7 nitrogen and oxygen atoms in total. The summed E-state index contributed by atoms with van der Waals surface area (Å²) in [6.07, 6.45) is 3.71. The summed E-state index contributed by atoms with van der Waals surface area (Å²) < 4.78 is 19.1. The molecule has 0 saturated carbocycles. The Bertz CT molecular complexity index is 1320. The number of ether oxygens (including phenoxy) is 3. The van der Waals surface area contributed by atoms with Gasteiger partial charge < -0.3 is 23.9 Å². The fourth-order valence-corrected chi connectivity index (χ4v) is 4.48. The van der Waals surface area contributed by atoms with Crippen LogP contribution in [0.5, 0.6) is 11.5 Å². The highest BCUT2D eigenvalue weighted by molar-refractivity contribution is 6.00. The molecule has 2 aromatic carbocycles. The summed E-state index contributed by atoms with van der Waals surface area (Å²) in [4.78, 5) is 16.6. The molecule has 0 spiro atoms. The smallest absolute Gasteiger partial charge is 0.352 e. The number of aryl methyl sites for hydroxylation is 1. The van der Waals surface area contributed by atoms with E-state index in [1.54, 1.807) is 16.8 Å². The average Bonchev–Trinajstić information content (AvgIpc) is 3.25. The van der Waals surface area contributed by atoms with Gasteiger partial charge in [-0.05, 0) is 49.4 Å². The van der Waals surface area contributed by atoms with Gasteiger partial charge in [0.15, 0.2) is 0 Å². The van der Waals surface area contributed by atoms with Crippen molar-refractivity contribution in [2.24, 2.45) is 0 Å². The van der Waals surface area contributed by atoms with Gasteiger partial charge in [-0.3, -0.25) is 4.98 Å². The first-order chi connectivity index (χ1) is 17.1. The molecule has 1 aliphatic heterocycles. The van der Waals surface area contributed by atoms with Gasteiger partial charge in [-0.25, -0.2) is 4.79 Å². The van der Waals surface area contributed by atoms with Crippen LogP contribution in [0.15, 0.2) is 66.9 Å². The van der Waals surface area contributed by atoms with Crippen molar-refractivity contribution in [1.82, 2.24) is 9.55 Å². The number of rotatable bonds is 8. The number of carboxylic acid groups (broad SMARTS) is 1. The molecule has 0 radical (unpaired) electrons. The zero-order valence-electron chi connectivity index (χ0n) is 19.6. The average molecular weight is 473 g/mol. The largest absolute Gasteiger partial charge is 0.492 e. The van der Waals surface area contributed by atoms with E-state index in [0.717, 1.165) is 59.5 Å². The van der Waals surface area contributed by atoms with Crippen molar-refractivity contribution in [1.29, 1.82) is 0 Å². The molecule has 5 rings (SSSR count). The Balaban J connectivity index is 1.31. The maximum Gasteiger partial charge on any atom is 0.352 e. The van der Waals surface area contributed by atoms with E-state index in [0.29, 0.717) is 18.9 Å². The highest BCUT2D eigenvalue weighted by Crippen LogP contribution is 2.30. The van der Waals surface area contributed by atoms with Crippen molar-refractivity contribution in [3.8, 4) is 22.8 Å². The molecule has 0 atom stereocenters. The molecule has 1 aliphatic rings. The number of hydrogen-bond donors (Lipinski definition) is 1. The van der Waals surface area contributed by atoms with Crippen LogP contribution in [0.4, 0.5) is 0 Å². The van der Waals surface area contributed by atoms with Crippen LogP contribution in [0.25, 0.3) is 22.2 Å². The number of aromatic carboxylic acids is 1. The molecule has 7 heteroatoms. The molecular formula is C28H28N2O5. The Hall–Kier alpha value is -3.84. The van der Waals surface area contributed by atoms with Crippen LogP contribution in [-0.4, -0.2) is 46.6 Å². The Kier molecular flexibility index (Phi) is 6.68. The van der Waals surface area contributed by atoms with Gasteiger partial charge in [-0.15, -0.1) is 0 Å².